The molecule has 0 saturated carbocycles. The molecule has 26 heteroatoms. The number of carboxylic acid groups (broad SMARTS) is 1. The molecule has 2 amide bonds. The number of amides is 2. The zero-order valence-corrected chi connectivity index (χ0v) is 47.6. The third-order valence-electron chi connectivity index (χ3n) is 12.6. The van der Waals surface area contributed by atoms with Crippen LogP contribution < -0.4 is 50.0 Å². The number of hydrogen-bond acceptors (Lipinski definition) is 16. The van der Waals surface area contributed by atoms with Crippen LogP contribution in [0.1, 0.15) is 129 Å². The Morgan fingerprint density at radius 1 is 0.680 bits per heavy atom. The van der Waals surface area contributed by atoms with Crippen molar-refractivity contribution in [2.45, 2.75) is 130 Å². The van der Waals surface area contributed by atoms with E-state index in [4.69, 9.17) is 4.74 Å². The van der Waals surface area contributed by atoms with E-state index in [0.29, 0.717) is 79.0 Å². The van der Waals surface area contributed by atoms with Gasteiger partial charge in [-0.05, 0) is 84.7 Å². The van der Waals surface area contributed by atoms with Gasteiger partial charge in [0, 0.05) is 88.3 Å². The van der Waals surface area contributed by atoms with Crippen molar-refractivity contribution in [3.05, 3.63) is 59.2 Å². The van der Waals surface area contributed by atoms with E-state index in [9.17, 15) is 50.6 Å². The summed E-state index contributed by atoms with van der Waals surface area (Å²) in [6.07, 6.45) is -6.09. The van der Waals surface area contributed by atoms with Gasteiger partial charge in [-0.15, -0.1) is 0 Å². The molecule has 0 aliphatic carbocycles. The second-order valence-electron chi connectivity index (χ2n) is 19.4. The number of esters is 1. The number of carbonyl (C=O) groups excluding carboxylic acids is 3. The second kappa shape index (κ2) is 28.5. The minimum absolute atomic E-state index is 0. The minimum atomic E-state index is -4.65. The summed E-state index contributed by atoms with van der Waals surface area (Å²) in [6.45, 7) is 19.2. The molecule has 2 fully saturated rings. The van der Waals surface area contributed by atoms with E-state index in [1.165, 1.54) is 7.11 Å². The fourth-order valence-corrected chi connectivity index (χ4v) is 10.1. The van der Waals surface area contributed by atoms with E-state index in [2.05, 4.69) is 66.8 Å². The fraction of sp³-hybridized carbons (Fsp3) is 0.592. The van der Waals surface area contributed by atoms with Gasteiger partial charge < -0.3 is 45.6 Å². The molecular weight excluding hydrogens is 1040 g/mol. The summed E-state index contributed by atoms with van der Waals surface area (Å²) in [5, 5.41) is 15.4. The zero-order chi connectivity index (χ0) is 53.9. The second-order valence-corrected chi connectivity index (χ2v) is 20.9. The number of carboxylic acids is 1. The van der Waals surface area contributed by atoms with Crippen molar-refractivity contribution in [2.75, 3.05) is 66.8 Å². The molecule has 75 heavy (non-hydrogen) atoms. The van der Waals surface area contributed by atoms with E-state index in [1.54, 1.807) is 26.8 Å². The van der Waals surface area contributed by atoms with Crippen molar-refractivity contribution in [2.24, 2.45) is 11.8 Å². The Kier molecular flexibility index (Phi) is 24.5. The van der Waals surface area contributed by atoms with Gasteiger partial charge in [-0.3, -0.25) is 19.2 Å². The maximum Gasteiger partial charge on any atom is 1.00 e. The predicted molar refractivity (Wildman–Crippen MR) is 272 cm³/mol. The Morgan fingerprint density at radius 2 is 1.04 bits per heavy atom. The van der Waals surface area contributed by atoms with E-state index in [1.807, 2.05) is 47.1 Å². The number of rotatable bonds is 18. The third-order valence-corrected chi connectivity index (χ3v) is 13.9. The number of aliphatic carboxylic acids is 1. The number of halogens is 6. The first kappa shape index (κ1) is 64.5. The van der Waals surface area contributed by atoms with Crippen LogP contribution >= 0.6 is 23.1 Å². The van der Waals surface area contributed by atoms with Crippen molar-refractivity contribution < 1.29 is 90.4 Å². The van der Waals surface area contributed by atoms with Gasteiger partial charge in [0.25, 0.3) is 0 Å². The molecule has 0 spiro atoms. The summed E-state index contributed by atoms with van der Waals surface area (Å²) in [5.41, 5.74) is 4.35. The van der Waals surface area contributed by atoms with Crippen LogP contribution in [0.15, 0.2) is 36.4 Å². The van der Waals surface area contributed by atoms with Gasteiger partial charge in [0.2, 0.25) is 33.7 Å². The molecule has 4 aromatic rings. The summed E-state index contributed by atoms with van der Waals surface area (Å²) >= 11 is 1.26. The Balaban J connectivity index is 0.000000385. The molecule has 17 nitrogen and oxygen atoms in total. The molecule has 4 N–H and O–H groups in total. The van der Waals surface area contributed by atoms with Crippen molar-refractivity contribution in [3.63, 3.8) is 0 Å². The first-order valence-electron chi connectivity index (χ1n) is 24.2. The van der Waals surface area contributed by atoms with Crippen molar-refractivity contribution in [1.29, 1.82) is 0 Å². The third kappa shape index (κ3) is 18.7. The van der Waals surface area contributed by atoms with Crippen LogP contribution in [0.3, 0.4) is 0 Å². The van der Waals surface area contributed by atoms with Gasteiger partial charge in [0.05, 0.1) is 42.7 Å². The first-order chi connectivity index (χ1) is 34.2. The molecule has 4 heterocycles. The van der Waals surface area contributed by atoms with Crippen molar-refractivity contribution in [1.82, 2.24) is 28.5 Å². The molecule has 0 unspecified atom stereocenters. The molecule has 0 radical (unpaired) electrons. The molecule has 6 rings (SSSR count). The molecule has 2 aliphatic rings. The number of ether oxygens (including phenoxy) is 1. The maximum atomic E-state index is 13.1. The van der Waals surface area contributed by atoms with Crippen LogP contribution in [-0.2, 0) is 36.3 Å². The van der Waals surface area contributed by atoms with E-state index in [-0.39, 0.29) is 99.8 Å². The van der Waals surface area contributed by atoms with Gasteiger partial charge >= 0.3 is 53.8 Å². The Bertz CT molecular complexity index is 2500. The van der Waals surface area contributed by atoms with Crippen LogP contribution in [0.5, 0.6) is 0 Å². The number of nitrogens with zero attached hydrogens (tertiary/aromatic N) is 8. The smallest absolute Gasteiger partial charge is 0.870 e. The monoisotopic (exact) mass is 1110 g/mol. The van der Waals surface area contributed by atoms with Crippen LogP contribution in [0, 0.1) is 11.8 Å². The first-order valence-corrected chi connectivity index (χ1v) is 25.7. The normalized spacial score (nSPS) is 15.2. The van der Waals surface area contributed by atoms with Crippen LogP contribution in [-0.4, -0.2) is 121 Å². The van der Waals surface area contributed by atoms with Gasteiger partial charge in [-0.25, -0.2) is 0 Å². The molecule has 2 aromatic heterocycles. The van der Waals surface area contributed by atoms with E-state index in [0.717, 1.165) is 54.7 Å². The summed E-state index contributed by atoms with van der Waals surface area (Å²) in [5.74, 6) is -3.43. The number of hydrogen-bond donors (Lipinski definition) is 3. The summed E-state index contributed by atoms with van der Waals surface area (Å²) in [7, 11) is 1.33. The summed E-state index contributed by atoms with van der Waals surface area (Å²) in [4.78, 5) is 62.2. The number of likely N-dealkylation sites (tertiary alicyclic amines) is 2. The predicted octanol–water partition coefficient (Wildman–Crippen LogP) is 7.62. The van der Waals surface area contributed by atoms with Crippen molar-refractivity contribution >= 4 is 79.8 Å². The van der Waals surface area contributed by atoms with E-state index >= 15 is 0 Å². The van der Waals surface area contributed by atoms with Crippen LogP contribution in [0.25, 0.3) is 0 Å². The average molecular weight is 1110 g/mol. The minimum Gasteiger partial charge on any atom is -0.870 e. The Morgan fingerprint density at radius 3 is 1.33 bits per heavy atom. The number of carbonyl (C=O) groups is 4. The molecule has 0 bridgehead atoms. The van der Waals surface area contributed by atoms with Crippen molar-refractivity contribution in [3.8, 4) is 0 Å². The standard InChI is InChI=1S/C25H34F3N5O3S.C24H32F3N5O3S.Na.H2O/c1-15(2)14-33(19-8-10-32(11-9-19)17(4)34)21-7-6-18(16(3)12-22(35)36-5)13-20(21)29-24-30-23(31-37-24)25(26,27)28;1-14(2)13-32(18-7-9-31(10-8-18)16(4)33)20-6-5-17(15(3)11-21(34)35)12-19(20)28-23-29-22(30-36-23)24(25,26)27;;/h6-7,13,15-16,19H,8-12,14H2,1-5H3,(H,29,30,31);5-6,12,14-15,18H,7-11,13H2,1-4H3,(H,34,35)(H,28,29,30);;1H2/q;;+1;/p-1/t16-;15-;;/m11../s1. The topological polar surface area (TPSA) is 216 Å². The Hall–Kier alpha value is -4.82. The fourth-order valence-electron chi connectivity index (χ4n) is 8.92. The summed E-state index contributed by atoms with van der Waals surface area (Å²) < 4.78 is 90.3. The molecule has 2 aromatic carbocycles. The molecule has 410 valence electrons. The molecule has 2 saturated heterocycles. The Labute approximate surface area is 464 Å². The average Bonchev–Trinajstić information content (AvgIpc) is 4.01. The van der Waals surface area contributed by atoms with Gasteiger partial charge in [-0.2, -0.15) is 45.1 Å². The number of methoxy groups -OCH3 is 1. The molecule has 2 atom stereocenters. The zero-order valence-electron chi connectivity index (χ0n) is 44.0. The number of aromatic nitrogens is 4. The molecule has 2 aliphatic heterocycles. The number of nitrogens with one attached hydrogen (secondary N) is 2. The van der Waals surface area contributed by atoms with Gasteiger partial charge in [-0.1, -0.05) is 53.7 Å². The number of anilines is 6. The van der Waals surface area contributed by atoms with Gasteiger partial charge in [0.15, 0.2) is 0 Å². The van der Waals surface area contributed by atoms with Gasteiger partial charge in [0.1, 0.15) is 0 Å². The maximum absolute atomic E-state index is 13.1. The quantitative estimate of drug-likeness (QED) is 0.0496. The van der Waals surface area contributed by atoms with E-state index < -0.39 is 30.0 Å². The largest absolute Gasteiger partial charge is 1.00 e. The summed E-state index contributed by atoms with van der Waals surface area (Å²) in [6, 6.07) is 11.6. The van der Waals surface area contributed by atoms with Crippen LogP contribution in [0.2, 0.25) is 0 Å². The number of benzene rings is 2. The van der Waals surface area contributed by atoms with Crippen LogP contribution in [0.4, 0.5) is 59.4 Å². The number of piperidine rings is 2. The number of alkyl halides is 6. The SMILES string of the molecule is CC(=O)N1CCC(N(CC(C)C)c2ccc([C@H](C)CC(=O)O)cc2Nc2nc(C(F)(F)F)ns2)CC1.COC(=O)C[C@@H](C)c1ccc(N(CC(C)C)C2CCN(C(C)=O)CC2)c(Nc2nc(C(F)(F)F)ns2)c1.[Na+].[OH-]. The molecular formula is C49H67F6N10NaO7S2.